The molecule has 0 radical (unpaired) electrons. The van der Waals surface area contributed by atoms with Crippen LogP contribution in [0.4, 0.5) is 0 Å². The van der Waals surface area contributed by atoms with Crippen molar-refractivity contribution in [3.05, 3.63) is 192 Å². The van der Waals surface area contributed by atoms with Crippen LogP contribution in [0.5, 0.6) is 5.75 Å². The van der Waals surface area contributed by atoms with Crippen molar-refractivity contribution in [2.45, 2.75) is 112 Å². The number of phenolic OH excluding ortho intramolecular Hbond substituents is 1. The Labute approximate surface area is 442 Å². The van der Waals surface area contributed by atoms with Gasteiger partial charge in [-0.25, -0.2) is 4.98 Å². The van der Waals surface area contributed by atoms with Gasteiger partial charge in [-0.1, -0.05) is 203 Å². The second-order valence-corrected chi connectivity index (χ2v) is 22.3. The molecular weight excluding hydrogens is 1030 g/mol. The summed E-state index contributed by atoms with van der Waals surface area (Å²) in [5.74, 6) is 0.413. The first kappa shape index (κ1) is 40.4. The molecule has 0 fully saturated rings. The van der Waals surface area contributed by atoms with Gasteiger partial charge in [0.2, 0.25) is 0 Å². The number of nitrogens with zero attached hydrogens (tertiary/aromatic N) is 3. The zero-order valence-corrected chi connectivity index (χ0v) is 44.5. The summed E-state index contributed by atoms with van der Waals surface area (Å²) in [6.07, 6.45) is 1.57. The van der Waals surface area contributed by atoms with Gasteiger partial charge in [0.1, 0.15) is 11.6 Å². The van der Waals surface area contributed by atoms with Crippen LogP contribution < -0.4 is 0 Å². The molecule has 4 nitrogen and oxygen atoms in total. The van der Waals surface area contributed by atoms with Gasteiger partial charge in [0.15, 0.2) is 0 Å². The number of aryl methyl sites for hydroxylation is 1. The molecule has 0 saturated heterocycles. The normalized spacial score (nSPS) is 14.1. The SMILES string of the molecule is [2H]c1c([2H])c([2H])c(-c2ccnc(-c3[c-]c(-c4cccc5c4nc(-c4cc(C(C)(C)C)cc(C(C)(C)C)c4O)n5-c4ccc(-c5c(-c6ccccc6)cccc5C(C)(C)C)cc4C([2H])([2H])[2H])cc(C(C)(C)C)c3)c2)c([2H])c1[2H].[Pt]. The minimum absolute atomic E-state index is 0. The minimum atomic E-state index is -2.62. The fraction of sp³-hybridized carbons (Fsp3) is 0.262. The number of aromatic hydroxyl groups is 1. The van der Waals surface area contributed by atoms with E-state index in [-0.39, 0.29) is 66.3 Å². The maximum atomic E-state index is 12.7. The Morgan fingerprint density at radius 2 is 1.21 bits per heavy atom. The fourth-order valence-corrected chi connectivity index (χ4v) is 9.20. The first-order valence-corrected chi connectivity index (χ1v) is 23.7. The summed E-state index contributed by atoms with van der Waals surface area (Å²) in [6.45, 7) is 22.8. The third-order valence-corrected chi connectivity index (χ3v) is 13.0. The number of rotatable bonds is 7. The summed E-state index contributed by atoms with van der Waals surface area (Å²) in [6, 6.07) is 41.2. The van der Waals surface area contributed by atoms with E-state index in [2.05, 4.69) is 132 Å². The van der Waals surface area contributed by atoms with Gasteiger partial charge in [0.25, 0.3) is 0 Å². The van der Waals surface area contributed by atoms with E-state index in [9.17, 15) is 9.22 Å². The molecule has 0 saturated carbocycles. The molecule has 0 aliphatic heterocycles. The van der Waals surface area contributed by atoms with E-state index in [1.165, 1.54) is 0 Å². The molecule has 9 aromatic rings. The number of benzene rings is 7. The average molecular weight is 1110 g/mol. The number of hydrogen-bond acceptors (Lipinski definition) is 3. The van der Waals surface area contributed by atoms with Crippen LogP contribution in [0, 0.1) is 12.9 Å². The predicted octanol–water partition coefficient (Wildman–Crippen LogP) is 17.4. The molecule has 2 heterocycles. The quantitative estimate of drug-likeness (QED) is 0.162. The van der Waals surface area contributed by atoms with Gasteiger partial charge in [-0.2, -0.15) is 0 Å². The predicted molar refractivity (Wildman–Crippen MR) is 292 cm³/mol. The Morgan fingerprint density at radius 3 is 1.89 bits per heavy atom. The summed E-state index contributed by atoms with van der Waals surface area (Å²) in [7, 11) is 0. The first-order chi connectivity index (χ1) is 35.9. The third kappa shape index (κ3) is 9.73. The largest absolute Gasteiger partial charge is 0.507 e. The van der Waals surface area contributed by atoms with Crippen LogP contribution in [0.3, 0.4) is 0 Å². The topological polar surface area (TPSA) is 50.9 Å². The van der Waals surface area contributed by atoms with Crippen LogP contribution >= 0.6 is 0 Å². The number of phenols is 1. The zero-order valence-electron chi connectivity index (χ0n) is 50.2. The Morgan fingerprint density at radius 1 is 0.557 bits per heavy atom. The van der Waals surface area contributed by atoms with Crippen molar-refractivity contribution in [1.82, 2.24) is 14.5 Å². The summed E-state index contributed by atoms with van der Waals surface area (Å²) in [4.78, 5) is 10.3. The van der Waals surface area contributed by atoms with Crippen LogP contribution in [0.15, 0.2) is 158 Å². The smallest absolute Gasteiger partial charge is 0.148 e. The summed E-state index contributed by atoms with van der Waals surface area (Å²) < 4.78 is 72.2. The summed E-state index contributed by atoms with van der Waals surface area (Å²) >= 11 is 0. The zero-order chi connectivity index (χ0) is 56.1. The number of pyridine rings is 1. The van der Waals surface area contributed by atoms with Crippen LogP contribution in [0.25, 0.3) is 83.9 Å². The van der Waals surface area contributed by atoms with Crippen LogP contribution in [0.2, 0.25) is 0 Å². The van der Waals surface area contributed by atoms with E-state index >= 15 is 0 Å². The van der Waals surface area contributed by atoms with E-state index < -0.39 is 30.4 Å². The molecule has 7 aromatic carbocycles. The van der Waals surface area contributed by atoms with E-state index in [4.69, 9.17) is 16.8 Å². The Bertz CT molecular complexity index is 3770. The molecule has 2 aromatic heterocycles. The molecule has 70 heavy (non-hydrogen) atoms. The molecule has 0 atom stereocenters. The average Bonchev–Trinajstić information content (AvgIpc) is 3.93. The van der Waals surface area contributed by atoms with Crippen LogP contribution in [-0.2, 0) is 42.7 Å². The minimum Gasteiger partial charge on any atom is -0.507 e. The van der Waals surface area contributed by atoms with Crippen molar-refractivity contribution in [3.63, 3.8) is 0 Å². The molecule has 9 rings (SSSR count). The fourth-order valence-electron chi connectivity index (χ4n) is 9.20. The second-order valence-electron chi connectivity index (χ2n) is 22.3. The van der Waals surface area contributed by atoms with Crippen LogP contribution in [0.1, 0.15) is 122 Å². The Balaban J connectivity index is 0.00000803. The molecule has 0 aliphatic rings. The Hall–Kier alpha value is -6.35. The molecule has 0 aliphatic carbocycles. The van der Waals surface area contributed by atoms with Gasteiger partial charge < -0.3 is 5.11 Å². The van der Waals surface area contributed by atoms with Gasteiger partial charge in [-0.15, -0.1) is 29.3 Å². The van der Waals surface area contributed by atoms with Crippen molar-refractivity contribution >= 4 is 11.0 Å². The third-order valence-electron chi connectivity index (χ3n) is 13.0. The summed E-state index contributed by atoms with van der Waals surface area (Å²) in [5.41, 5.74) is 10.9. The van der Waals surface area contributed by atoms with E-state index in [0.717, 1.165) is 44.5 Å². The molecule has 0 spiro atoms. The van der Waals surface area contributed by atoms with Gasteiger partial charge in [-0.05, 0) is 109 Å². The van der Waals surface area contributed by atoms with Crippen molar-refractivity contribution in [3.8, 4) is 78.6 Å². The maximum Gasteiger partial charge on any atom is 0.148 e. The van der Waals surface area contributed by atoms with E-state index in [0.29, 0.717) is 56.1 Å². The number of imidazole rings is 1. The van der Waals surface area contributed by atoms with Crippen molar-refractivity contribution in [2.75, 3.05) is 0 Å². The number of aromatic nitrogens is 3. The monoisotopic (exact) mass is 1110 g/mol. The van der Waals surface area contributed by atoms with Crippen molar-refractivity contribution in [1.29, 1.82) is 0 Å². The van der Waals surface area contributed by atoms with Gasteiger partial charge in [-0.3, -0.25) is 9.55 Å². The molecule has 0 unspecified atom stereocenters. The second kappa shape index (κ2) is 18.8. The maximum absolute atomic E-state index is 12.7. The number of hydrogen-bond donors (Lipinski definition) is 1. The van der Waals surface area contributed by atoms with Gasteiger partial charge in [0.05, 0.1) is 29.1 Å². The molecule has 358 valence electrons. The molecular formula is C65H66N3OPt-. The van der Waals surface area contributed by atoms with Crippen LogP contribution in [-0.4, -0.2) is 19.6 Å². The first-order valence-electron chi connectivity index (χ1n) is 27.7. The van der Waals surface area contributed by atoms with Crippen molar-refractivity contribution in [2.24, 2.45) is 0 Å². The van der Waals surface area contributed by atoms with Gasteiger partial charge >= 0.3 is 0 Å². The summed E-state index contributed by atoms with van der Waals surface area (Å²) in [5, 5.41) is 12.7. The van der Waals surface area contributed by atoms with E-state index in [1.807, 2.05) is 71.3 Å². The molecule has 0 bridgehead atoms. The number of para-hydroxylation sites is 1. The number of fused-ring (bicyclic) bond motifs is 1. The molecule has 5 heteroatoms. The van der Waals surface area contributed by atoms with E-state index in [1.54, 1.807) is 18.3 Å². The molecule has 0 amide bonds. The standard InChI is InChI=1S/C65H66N3O.Pt/c1-41-34-45(58-50(43-24-18-15-19-25-43)26-20-28-53(58)64(8,9)10)30-31-56(41)68-57-29-21-27-51(59(57)67-61(68)52-39-49(63(5,6)7)40-54(60(52)69)65(11,12)13)46-35-47(37-48(36-46)62(2,3)4)55-38-44(32-33-66-55)42-22-16-14-17-23-42;/h14-34,36-40,69H,1-13H3;/q-1;/i1D3,14D,16D,17D,22D,23D;. The Kier molecular flexibility index (Phi) is 10.8. The molecule has 1 N–H and O–H groups in total. The van der Waals surface area contributed by atoms with Gasteiger partial charge in [0, 0.05) is 42.6 Å². The van der Waals surface area contributed by atoms with Crippen molar-refractivity contribution < 1.29 is 37.1 Å².